The van der Waals surface area contributed by atoms with Gasteiger partial charge in [-0.25, -0.2) is 14.6 Å². The molecule has 0 N–H and O–H groups in total. The maximum absolute atomic E-state index is 12.9. The van der Waals surface area contributed by atoms with Crippen LogP contribution < -0.4 is 5.56 Å². The number of ether oxygens (including phenoxy) is 2. The highest BCUT2D eigenvalue weighted by molar-refractivity contribution is 5.94. The van der Waals surface area contributed by atoms with E-state index in [0.717, 1.165) is 37.9 Å². The van der Waals surface area contributed by atoms with E-state index in [-0.39, 0.29) is 29.1 Å². The van der Waals surface area contributed by atoms with E-state index in [9.17, 15) is 14.4 Å². The van der Waals surface area contributed by atoms with Gasteiger partial charge >= 0.3 is 11.9 Å². The zero-order chi connectivity index (χ0) is 21.1. The Bertz CT molecular complexity index is 1160. The van der Waals surface area contributed by atoms with Crippen LogP contribution in [0.2, 0.25) is 0 Å². The number of aromatic nitrogens is 2. The first kappa shape index (κ1) is 19.9. The lowest BCUT2D eigenvalue weighted by Crippen LogP contribution is -2.26. The Kier molecular flexibility index (Phi) is 5.65. The topological polar surface area (TPSA) is 101 Å². The molecule has 1 aliphatic rings. The van der Waals surface area contributed by atoms with Crippen molar-refractivity contribution in [3.8, 4) is 0 Å². The molecule has 0 amide bonds. The van der Waals surface area contributed by atoms with Crippen LogP contribution >= 0.6 is 0 Å². The molecule has 156 valence electrons. The molecule has 0 unspecified atom stereocenters. The molecule has 0 saturated carbocycles. The predicted molar refractivity (Wildman–Crippen MR) is 107 cm³/mol. The smallest absolute Gasteiger partial charge is 0.341 e. The van der Waals surface area contributed by atoms with Crippen LogP contribution in [0, 0.1) is 0 Å². The summed E-state index contributed by atoms with van der Waals surface area (Å²) in [5.41, 5.74) is 0.887. The number of aryl methyl sites for hydroxylation is 1. The van der Waals surface area contributed by atoms with Crippen molar-refractivity contribution in [2.24, 2.45) is 0 Å². The van der Waals surface area contributed by atoms with E-state index in [1.807, 2.05) is 0 Å². The molecule has 0 atom stereocenters. The molecule has 3 aromatic rings. The second-order valence-electron chi connectivity index (χ2n) is 7.21. The van der Waals surface area contributed by atoms with Gasteiger partial charge in [0.2, 0.25) is 0 Å². The highest BCUT2D eigenvalue weighted by Gasteiger charge is 2.19. The maximum atomic E-state index is 12.9. The monoisotopic (exact) mass is 410 g/mol. The summed E-state index contributed by atoms with van der Waals surface area (Å²) >= 11 is 0. The van der Waals surface area contributed by atoms with Crippen LogP contribution in [0.5, 0.6) is 0 Å². The maximum Gasteiger partial charge on any atom is 0.341 e. The van der Waals surface area contributed by atoms with Gasteiger partial charge in [0.05, 0.1) is 29.8 Å². The molecular weight excluding hydrogens is 388 g/mol. The highest BCUT2D eigenvalue weighted by atomic mass is 16.5. The molecule has 30 heavy (non-hydrogen) atoms. The summed E-state index contributed by atoms with van der Waals surface area (Å²) in [4.78, 5) is 41.7. The zero-order valence-electron chi connectivity index (χ0n) is 16.7. The van der Waals surface area contributed by atoms with E-state index in [0.29, 0.717) is 17.4 Å². The van der Waals surface area contributed by atoms with Gasteiger partial charge in [0.15, 0.2) is 12.4 Å². The highest BCUT2D eigenvalue weighted by Crippen LogP contribution is 2.18. The molecule has 8 nitrogen and oxygen atoms in total. The van der Waals surface area contributed by atoms with Gasteiger partial charge in [-0.3, -0.25) is 9.36 Å². The summed E-state index contributed by atoms with van der Waals surface area (Å²) in [7, 11) is 1.26. The Morgan fingerprint density at radius 1 is 1.13 bits per heavy atom. The van der Waals surface area contributed by atoms with Crippen LogP contribution in [0.15, 0.2) is 39.7 Å². The van der Waals surface area contributed by atoms with Crippen molar-refractivity contribution in [2.75, 3.05) is 7.11 Å². The molecule has 1 aromatic carbocycles. The molecule has 0 spiro atoms. The number of nitrogens with zero attached hydrogens (tertiary/aromatic N) is 2. The molecule has 8 heteroatoms. The van der Waals surface area contributed by atoms with Gasteiger partial charge < -0.3 is 13.9 Å². The molecule has 2 aromatic heterocycles. The largest absolute Gasteiger partial charge is 0.465 e. The predicted octanol–water partition coefficient (Wildman–Crippen LogP) is 3.25. The summed E-state index contributed by atoms with van der Waals surface area (Å²) in [6.07, 6.45) is 6.27. The number of furan rings is 1. The summed E-state index contributed by atoms with van der Waals surface area (Å²) in [5.74, 6) is -0.204. The first-order valence-electron chi connectivity index (χ1n) is 9.94. The van der Waals surface area contributed by atoms with E-state index in [1.54, 1.807) is 22.8 Å². The van der Waals surface area contributed by atoms with Gasteiger partial charge in [-0.05, 0) is 37.1 Å². The molecule has 1 aliphatic heterocycles. The van der Waals surface area contributed by atoms with E-state index in [4.69, 9.17) is 9.15 Å². The number of hydrogen-bond acceptors (Lipinski definition) is 7. The minimum atomic E-state index is -0.599. The van der Waals surface area contributed by atoms with Crippen molar-refractivity contribution in [3.05, 3.63) is 63.6 Å². The van der Waals surface area contributed by atoms with Crippen molar-refractivity contribution < 1.29 is 23.5 Å². The van der Waals surface area contributed by atoms with Gasteiger partial charge in [0.1, 0.15) is 11.4 Å². The number of benzene rings is 1. The molecule has 4 rings (SSSR count). The van der Waals surface area contributed by atoms with Crippen molar-refractivity contribution in [1.82, 2.24) is 9.55 Å². The normalized spacial score (nSPS) is 13.9. The standard InChI is InChI=1S/C22H22N2O6/c1-28-22(27)16-9-11-29-18(16)13-30-21(26)14-7-8-15-17(12-14)23-19-6-4-2-3-5-10-24(19)20(15)25/h7-9,11-12H,2-6,10,13H2,1H3. The van der Waals surface area contributed by atoms with Crippen LogP contribution in [0.25, 0.3) is 10.9 Å². The molecule has 3 heterocycles. The minimum absolute atomic E-state index is 0.0740. The van der Waals surface area contributed by atoms with Crippen molar-refractivity contribution in [2.45, 2.75) is 45.3 Å². The fraction of sp³-hybridized carbons (Fsp3) is 0.364. The zero-order valence-corrected chi connectivity index (χ0v) is 16.7. The van der Waals surface area contributed by atoms with Crippen LogP contribution in [0.3, 0.4) is 0 Å². The lowest BCUT2D eigenvalue weighted by molar-refractivity contribution is 0.0432. The first-order valence-corrected chi connectivity index (χ1v) is 9.94. The number of hydrogen-bond donors (Lipinski definition) is 0. The average Bonchev–Trinajstić information content (AvgIpc) is 3.21. The third kappa shape index (κ3) is 3.85. The minimum Gasteiger partial charge on any atom is -0.465 e. The average molecular weight is 410 g/mol. The Morgan fingerprint density at radius 3 is 2.80 bits per heavy atom. The van der Waals surface area contributed by atoms with E-state index >= 15 is 0 Å². The van der Waals surface area contributed by atoms with Crippen LogP contribution in [-0.4, -0.2) is 28.6 Å². The number of methoxy groups -OCH3 is 1. The first-order chi connectivity index (χ1) is 14.6. The summed E-state index contributed by atoms with van der Waals surface area (Å²) in [6, 6.07) is 6.19. The van der Waals surface area contributed by atoms with E-state index in [2.05, 4.69) is 9.72 Å². The molecule has 0 bridgehead atoms. The third-order valence-corrected chi connectivity index (χ3v) is 5.29. The molecule has 0 fully saturated rings. The molecule has 0 aliphatic carbocycles. The van der Waals surface area contributed by atoms with Crippen molar-refractivity contribution >= 4 is 22.8 Å². The van der Waals surface area contributed by atoms with E-state index < -0.39 is 11.9 Å². The molecular formula is C22H22N2O6. The van der Waals surface area contributed by atoms with Crippen LogP contribution in [0.4, 0.5) is 0 Å². The number of carbonyl (C=O) groups is 2. The quantitative estimate of drug-likeness (QED) is 0.609. The van der Waals surface area contributed by atoms with Crippen LogP contribution in [0.1, 0.15) is 58.0 Å². The van der Waals surface area contributed by atoms with Gasteiger partial charge in [-0.2, -0.15) is 0 Å². The number of carbonyl (C=O) groups excluding carboxylic acids is 2. The van der Waals surface area contributed by atoms with Gasteiger partial charge in [-0.1, -0.05) is 12.8 Å². The van der Waals surface area contributed by atoms with Gasteiger partial charge in [0.25, 0.3) is 5.56 Å². The van der Waals surface area contributed by atoms with Crippen LogP contribution in [-0.2, 0) is 29.0 Å². The Hall–Kier alpha value is -3.42. The van der Waals surface area contributed by atoms with Crippen molar-refractivity contribution in [3.63, 3.8) is 0 Å². The SMILES string of the molecule is COC(=O)c1ccoc1COC(=O)c1ccc2c(=O)n3c(nc2c1)CCCCCC3. The fourth-order valence-corrected chi connectivity index (χ4v) is 3.68. The Balaban J connectivity index is 1.58. The number of fused-ring (bicyclic) bond motifs is 2. The lowest BCUT2D eigenvalue weighted by atomic mass is 10.1. The summed E-state index contributed by atoms with van der Waals surface area (Å²) in [5, 5.41) is 0.481. The Labute approximate surface area is 172 Å². The molecule has 0 radical (unpaired) electrons. The molecule has 0 saturated heterocycles. The second kappa shape index (κ2) is 8.52. The fourth-order valence-electron chi connectivity index (χ4n) is 3.68. The summed E-state index contributed by atoms with van der Waals surface area (Å²) in [6.45, 7) is 0.459. The third-order valence-electron chi connectivity index (χ3n) is 5.29. The second-order valence-corrected chi connectivity index (χ2v) is 7.21. The van der Waals surface area contributed by atoms with Crippen molar-refractivity contribution in [1.29, 1.82) is 0 Å². The van der Waals surface area contributed by atoms with E-state index in [1.165, 1.54) is 19.4 Å². The Morgan fingerprint density at radius 2 is 1.97 bits per heavy atom. The lowest BCUT2D eigenvalue weighted by Gasteiger charge is -2.16. The summed E-state index contributed by atoms with van der Waals surface area (Å²) < 4.78 is 16.9. The number of rotatable bonds is 4. The van der Waals surface area contributed by atoms with Gasteiger partial charge in [-0.15, -0.1) is 0 Å². The number of esters is 2. The van der Waals surface area contributed by atoms with Gasteiger partial charge in [0, 0.05) is 13.0 Å².